The van der Waals surface area contributed by atoms with Gasteiger partial charge in [-0.25, -0.2) is 4.98 Å². The third-order valence-corrected chi connectivity index (χ3v) is 3.04. The first kappa shape index (κ1) is 12.4. The molecule has 17 heavy (non-hydrogen) atoms. The Bertz CT molecular complexity index is 372. The third-order valence-electron chi connectivity index (χ3n) is 3.04. The maximum atomic E-state index is 5.84. The Morgan fingerprint density at radius 3 is 2.76 bits per heavy atom. The number of nitrogens with zero attached hydrogens (tertiary/aromatic N) is 1. The Balaban J connectivity index is 2.00. The molecule has 1 aliphatic rings. The average Bonchev–Trinajstić information content (AvgIpc) is 2.20. The normalized spacial score (nSPS) is 16.0. The van der Waals surface area contributed by atoms with Crippen LogP contribution < -0.4 is 10.1 Å². The van der Waals surface area contributed by atoms with Crippen LogP contribution in [0.5, 0.6) is 5.88 Å². The van der Waals surface area contributed by atoms with Crippen LogP contribution in [0.3, 0.4) is 0 Å². The van der Waals surface area contributed by atoms with E-state index in [1.165, 1.54) is 24.8 Å². The van der Waals surface area contributed by atoms with E-state index in [0.717, 1.165) is 18.1 Å². The Labute approximate surface area is 104 Å². The van der Waals surface area contributed by atoms with E-state index in [9.17, 15) is 0 Å². The molecular weight excluding hydrogens is 212 g/mol. The highest BCUT2D eigenvalue weighted by molar-refractivity contribution is 5.25. The predicted molar refractivity (Wildman–Crippen MR) is 69.2 cm³/mol. The first-order valence-corrected chi connectivity index (χ1v) is 6.51. The predicted octanol–water partition coefficient (Wildman–Crippen LogP) is 2.82. The Morgan fingerprint density at radius 1 is 1.41 bits per heavy atom. The van der Waals surface area contributed by atoms with Gasteiger partial charge in [-0.15, -0.1) is 0 Å². The minimum absolute atomic E-state index is 0.398. The summed E-state index contributed by atoms with van der Waals surface area (Å²) in [7, 11) is 0. The lowest BCUT2D eigenvalue weighted by molar-refractivity contribution is 0.114. The summed E-state index contributed by atoms with van der Waals surface area (Å²) >= 11 is 0. The first-order valence-electron chi connectivity index (χ1n) is 6.51. The fraction of sp³-hybridized carbons (Fsp3) is 0.643. The number of pyridine rings is 1. The summed E-state index contributed by atoms with van der Waals surface area (Å²) in [5.41, 5.74) is 2.28. The Hall–Kier alpha value is -1.09. The van der Waals surface area contributed by atoms with E-state index in [1.807, 2.05) is 6.92 Å². The molecule has 0 aromatic carbocycles. The van der Waals surface area contributed by atoms with Crippen LogP contribution >= 0.6 is 0 Å². The highest BCUT2D eigenvalue weighted by Gasteiger charge is 2.19. The molecule has 2 rings (SSSR count). The lowest BCUT2D eigenvalue weighted by atomic mass is 9.96. The molecule has 0 atom stereocenters. The molecule has 1 fully saturated rings. The molecule has 1 heterocycles. The molecule has 0 bridgehead atoms. The van der Waals surface area contributed by atoms with Crippen LogP contribution in [0.15, 0.2) is 12.1 Å². The molecule has 3 heteroatoms. The molecule has 1 aromatic heterocycles. The maximum absolute atomic E-state index is 5.84. The zero-order valence-electron chi connectivity index (χ0n) is 11.0. The number of ether oxygens (including phenoxy) is 1. The van der Waals surface area contributed by atoms with Crippen LogP contribution in [0.25, 0.3) is 0 Å². The molecule has 94 valence electrons. The lowest BCUT2D eigenvalue weighted by Gasteiger charge is -2.26. The van der Waals surface area contributed by atoms with Gasteiger partial charge in [-0.3, -0.25) is 0 Å². The number of aryl methyl sites for hydroxylation is 1. The van der Waals surface area contributed by atoms with Crippen LogP contribution in [-0.4, -0.2) is 17.1 Å². The summed E-state index contributed by atoms with van der Waals surface area (Å²) in [5, 5.41) is 3.41. The fourth-order valence-corrected chi connectivity index (χ4v) is 1.85. The molecule has 0 saturated heterocycles. The second kappa shape index (κ2) is 5.50. The maximum Gasteiger partial charge on any atom is 0.214 e. The van der Waals surface area contributed by atoms with Gasteiger partial charge in [0.05, 0.1) is 0 Å². The van der Waals surface area contributed by atoms with Crippen molar-refractivity contribution < 1.29 is 4.74 Å². The van der Waals surface area contributed by atoms with Crippen LogP contribution in [-0.2, 0) is 6.54 Å². The second-order valence-electron chi connectivity index (χ2n) is 5.16. The van der Waals surface area contributed by atoms with Crippen LogP contribution in [0.2, 0.25) is 0 Å². The van der Waals surface area contributed by atoms with Crippen LogP contribution in [0, 0.1) is 6.92 Å². The van der Waals surface area contributed by atoms with E-state index in [1.54, 1.807) is 0 Å². The highest BCUT2D eigenvalue weighted by Crippen LogP contribution is 2.24. The van der Waals surface area contributed by atoms with Gasteiger partial charge in [0, 0.05) is 24.3 Å². The van der Waals surface area contributed by atoms with Gasteiger partial charge in [0.15, 0.2) is 0 Å². The number of rotatable bonds is 5. The Kier molecular flexibility index (Phi) is 4.00. The zero-order valence-corrected chi connectivity index (χ0v) is 11.0. The van der Waals surface area contributed by atoms with Gasteiger partial charge in [-0.05, 0) is 37.8 Å². The molecule has 0 spiro atoms. The average molecular weight is 234 g/mol. The summed E-state index contributed by atoms with van der Waals surface area (Å²) in [6.07, 6.45) is 4.04. The fourth-order valence-electron chi connectivity index (χ4n) is 1.85. The zero-order chi connectivity index (χ0) is 12.3. The van der Waals surface area contributed by atoms with Crippen molar-refractivity contribution in [1.29, 1.82) is 0 Å². The van der Waals surface area contributed by atoms with E-state index in [-0.39, 0.29) is 0 Å². The standard InChI is InChI=1S/C14H22N2O/c1-10(2)15-9-12-7-11(3)16-14(8-12)17-13-5-4-6-13/h7-8,10,13,15H,4-6,9H2,1-3H3. The lowest BCUT2D eigenvalue weighted by Crippen LogP contribution is -2.25. The first-order chi connectivity index (χ1) is 8.13. The van der Waals surface area contributed by atoms with Crippen molar-refractivity contribution in [3.05, 3.63) is 23.4 Å². The van der Waals surface area contributed by atoms with Crippen molar-refractivity contribution in [3.63, 3.8) is 0 Å². The van der Waals surface area contributed by atoms with Crippen molar-refractivity contribution >= 4 is 0 Å². The van der Waals surface area contributed by atoms with Gasteiger partial charge >= 0.3 is 0 Å². The number of aromatic nitrogens is 1. The summed E-state index contributed by atoms with van der Waals surface area (Å²) < 4.78 is 5.84. The quantitative estimate of drug-likeness (QED) is 0.850. The summed E-state index contributed by atoms with van der Waals surface area (Å²) in [6, 6.07) is 4.67. The van der Waals surface area contributed by atoms with Gasteiger partial charge in [-0.2, -0.15) is 0 Å². The van der Waals surface area contributed by atoms with Crippen molar-refractivity contribution in [3.8, 4) is 5.88 Å². The van der Waals surface area contributed by atoms with E-state index in [0.29, 0.717) is 12.1 Å². The van der Waals surface area contributed by atoms with Crippen LogP contribution in [0.1, 0.15) is 44.4 Å². The SMILES string of the molecule is Cc1cc(CNC(C)C)cc(OC2CCC2)n1. The van der Waals surface area contributed by atoms with Crippen molar-refractivity contribution in [2.45, 2.75) is 58.7 Å². The molecule has 0 amide bonds. The minimum atomic E-state index is 0.398. The van der Waals surface area contributed by atoms with Gasteiger partial charge < -0.3 is 10.1 Å². The van der Waals surface area contributed by atoms with E-state index in [4.69, 9.17) is 4.74 Å². The molecule has 1 aliphatic carbocycles. The monoisotopic (exact) mass is 234 g/mol. The number of hydrogen-bond acceptors (Lipinski definition) is 3. The largest absolute Gasteiger partial charge is 0.474 e. The molecule has 1 N–H and O–H groups in total. The molecule has 1 aromatic rings. The molecule has 0 unspecified atom stereocenters. The smallest absolute Gasteiger partial charge is 0.214 e. The molecule has 3 nitrogen and oxygen atoms in total. The van der Waals surface area contributed by atoms with E-state index in [2.05, 4.69) is 36.3 Å². The van der Waals surface area contributed by atoms with Gasteiger partial charge in [0.1, 0.15) is 6.10 Å². The summed E-state index contributed by atoms with van der Waals surface area (Å²) in [6.45, 7) is 7.20. The highest BCUT2D eigenvalue weighted by atomic mass is 16.5. The van der Waals surface area contributed by atoms with Gasteiger partial charge in [0.2, 0.25) is 5.88 Å². The topological polar surface area (TPSA) is 34.1 Å². The Morgan fingerprint density at radius 2 is 2.18 bits per heavy atom. The second-order valence-corrected chi connectivity index (χ2v) is 5.16. The third kappa shape index (κ3) is 3.70. The van der Waals surface area contributed by atoms with Gasteiger partial charge in [-0.1, -0.05) is 13.8 Å². The van der Waals surface area contributed by atoms with Crippen molar-refractivity contribution in [2.24, 2.45) is 0 Å². The van der Waals surface area contributed by atoms with Crippen molar-refractivity contribution in [1.82, 2.24) is 10.3 Å². The number of nitrogens with one attached hydrogen (secondary N) is 1. The van der Waals surface area contributed by atoms with Crippen molar-refractivity contribution in [2.75, 3.05) is 0 Å². The molecule has 0 radical (unpaired) electrons. The van der Waals surface area contributed by atoms with Gasteiger partial charge in [0.25, 0.3) is 0 Å². The van der Waals surface area contributed by atoms with E-state index >= 15 is 0 Å². The molecule has 1 saturated carbocycles. The molecular formula is C14H22N2O. The summed E-state index contributed by atoms with van der Waals surface area (Å²) in [5.74, 6) is 0.787. The summed E-state index contributed by atoms with van der Waals surface area (Å²) in [4.78, 5) is 4.43. The molecule has 0 aliphatic heterocycles. The van der Waals surface area contributed by atoms with Crippen LogP contribution in [0.4, 0.5) is 0 Å². The minimum Gasteiger partial charge on any atom is -0.474 e. The van der Waals surface area contributed by atoms with E-state index < -0.39 is 0 Å². The number of hydrogen-bond donors (Lipinski definition) is 1.